The van der Waals surface area contributed by atoms with E-state index in [0.717, 1.165) is 60.4 Å². The largest absolute Gasteiger partial charge is 0.360 e. The highest BCUT2D eigenvalue weighted by atomic mass is 19.1. The van der Waals surface area contributed by atoms with Crippen LogP contribution in [-0.2, 0) is 17.8 Å². The zero-order valence-electron chi connectivity index (χ0n) is 16.8. The highest BCUT2D eigenvalue weighted by molar-refractivity contribution is 5.86. The van der Waals surface area contributed by atoms with E-state index in [1.807, 2.05) is 4.90 Å². The maximum Gasteiger partial charge on any atom is 0.278 e. The fourth-order valence-electron chi connectivity index (χ4n) is 4.63. The fraction of sp³-hybridized carbons (Fsp3) is 0.348. The molecule has 0 spiro atoms. The second-order valence-electron chi connectivity index (χ2n) is 8.23. The molecule has 1 saturated heterocycles. The number of anilines is 1. The Bertz CT molecular complexity index is 1070. The van der Waals surface area contributed by atoms with E-state index in [4.69, 9.17) is 0 Å². The van der Waals surface area contributed by atoms with Crippen molar-refractivity contribution in [1.82, 2.24) is 9.88 Å². The lowest BCUT2D eigenvalue weighted by molar-refractivity contribution is -0.892. The Morgan fingerprint density at radius 2 is 1.73 bits per heavy atom. The minimum atomic E-state index is -0.254. The molecular formula is C23H25F2N4O+. The summed E-state index contributed by atoms with van der Waals surface area (Å²) in [7, 11) is 0. The predicted octanol–water partition coefficient (Wildman–Crippen LogP) is 1.74. The van der Waals surface area contributed by atoms with Gasteiger partial charge in [0.1, 0.15) is 11.6 Å². The number of piperazine rings is 1. The van der Waals surface area contributed by atoms with Gasteiger partial charge in [-0.2, -0.15) is 0 Å². The molecule has 30 heavy (non-hydrogen) atoms. The van der Waals surface area contributed by atoms with Gasteiger partial charge in [0.2, 0.25) is 0 Å². The number of hydrogen-bond acceptors (Lipinski definition) is 2. The van der Waals surface area contributed by atoms with Crippen LogP contribution < -0.4 is 9.80 Å². The molecule has 0 unspecified atom stereocenters. The first kappa shape index (κ1) is 19.1. The van der Waals surface area contributed by atoms with Gasteiger partial charge in [0.05, 0.1) is 26.2 Å². The van der Waals surface area contributed by atoms with E-state index < -0.39 is 0 Å². The quantitative estimate of drug-likeness (QED) is 0.690. The van der Waals surface area contributed by atoms with Crippen LogP contribution in [-0.4, -0.2) is 55.1 Å². The van der Waals surface area contributed by atoms with Crippen molar-refractivity contribution in [2.24, 2.45) is 0 Å². The number of fused-ring (bicyclic) bond motifs is 3. The number of halogens is 2. The van der Waals surface area contributed by atoms with Crippen molar-refractivity contribution in [3.05, 3.63) is 65.4 Å². The molecule has 156 valence electrons. The Balaban J connectivity index is 1.20. The van der Waals surface area contributed by atoms with Crippen LogP contribution in [0.3, 0.4) is 0 Å². The third-order valence-electron chi connectivity index (χ3n) is 6.35. The lowest BCUT2D eigenvalue weighted by atomic mass is 10.0. The van der Waals surface area contributed by atoms with Crippen molar-refractivity contribution < 1.29 is 18.5 Å². The van der Waals surface area contributed by atoms with Gasteiger partial charge >= 0.3 is 0 Å². The van der Waals surface area contributed by atoms with Crippen LogP contribution >= 0.6 is 0 Å². The van der Waals surface area contributed by atoms with Gasteiger partial charge in [0.25, 0.3) is 5.91 Å². The molecule has 1 fully saturated rings. The Morgan fingerprint density at radius 1 is 1.00 bits per heavy atom. The first-order valence-electron chi connectivity index (χ1n) is 10.5. The molecule has 2 aliphatic rings. The molecule has 1 aromatic heterocycles. The molecule has 5 rings (SSSR count). The molecule has 0 saturated carbocycles. The minimum absolute atomic E-state index is 0.150. The standard InChI is InChI=1S/C23H24F2N4O/c24-16-1-4-18(5-2-16)28-11-9-27(10-12-28)15-23(30)29-8-7-22-20(14-29)19-13-17(25)3-6-21(19)26-22/h1-6,13,26H,7-12,14-15H2/p+1. The van der Waals surface area contributed by atoms with Gasteiger partial charge in [0.15, 0.2) is 6.54 Å². The molecular weight excluding hydrogens is 386 g/mol. The molecule has 0 bridgehead atoms. The lowest BCUT2D eigenvalue weighted by Crippen LogP contribution is -3.15. The summed E-state index contributed by atoms with van der Waals surface area (Å²) in [4.78, 5) is 21.7. The number of aromatic amines is 1. The van der Waals surface area contributed by atoms with E-state index in [0.29, 0.717) is 19.6 Å². The second kappa shape index (κ2) is 7.72. The van der Waals surface area contributed by atoms with Crippen molar-refractivity contribution in [2.75, 3.05) is 44.2 Å². The third-order valence-corrected chi connectivity index (χ3v) is 6.35. The van der Waals surface area contributed by atoms with E-state index in [1.54, 1.807) is 24.3 Å². The highest BCUT2D eigenvalue weighted by Crippen LogP contribution is 2.28. The SMILES string of the molecule is O=C(C[NH+]1CCN(c2ccc(F)cc2)CC1)N1CCc2[nH]c3ccc(F)cc3c2C1. The normalized spacial score (nSPS) is 17.4. The van der Waals surface area contributed by atoms with Crippen LogP contribution in [0.2, 0.25) is 0 Å². The molecule has 3 heterocycles. The summed E-state index contributed by atoms with van der Waals surface area (Å²) in [5, 5.41) is 0.878. The van der Waals surface area contributed by atoms with E-state index in [1.165, 1.54) is 23.1 Å². The first-order valence-corrected chi connectivity index (χ1v) is 10.5. The molecule has 0 aliphatic carbocycles. The van der Waals surface area contributed by atoms with Gasteiger partial charge in [-0.3, -0.25) is 4.79 Å². The molecule has 0 radical (unpaired) electrons. The third kappa shape index (κ3) is 3.65. The van der Waals surface area contributed by atoms with Crippen LogP contribution in [0.1, 0.15) is 11.3 Å². The van der Waals surface area contributed by atoms with Crippen molar-refractivity contribution in [1.29, 1.82) is 0 Å². The van der Waals surface area contributed by atoms with Gasteiger partial charge in [-0.05, 0) is 42.5 Å². The maximum atomic E-state index is 13.7. The predicted molar refractivity (Wildman–Crippen MR) is 112 cm³/mol. The van der Waals surface area contributed by atoms with Crippen molar-refractivity contribution in [2.45, 2.75) is 13.0 Å². The molecule has 1 amide bonds. The minimum Gasteiger partial charge on any atom is -0.360 e. The van der Waals surface area contributed by atoms with Crippen LogP contribution in [0.5, 0.6) is 0 Å². The average Bonchev–Trinajstić information content (AvgIpc) is 3.12. The first-order chi connectivity index (χ1) is 14.6. The number of quaternary nitrogens is 1. The lowest BCUT2D eigenvalue weighted by Gasteiger charge is -2.35. The molecule has 5 nitrogen and oxygen atoms in total. The van der Waals surface area contributed by atoms with E-state index >= 15 is 0 Å². The van der Waals surface area contributed by atoms with Gasteiger partial charge in [-0.15, -0.1) is 0 Å². The van der Waals surface area contributed by atoms with Crippen molar-refractivity contribution in [3.63, 3.8) is 0 Å². The summed E-state index contributed by atoms with van der Waals surface area (Å²) in [6, 6.07) is 11.4. The summed E-state index contributed by atoms with van der Waals surface area (Å²) in [5.74, 6) is -0.330. The summed E-state index contributed by atoms with van der Waals surface area (Å²) in [6.45, 7) is 5.15. The Kier molecular flexibility index (Phi) is 4.90. The number of amides is 1. The van der Waals surface area contributed by atoms with Gasteiger partial charge in [0, 0.05) is 47.4 Å². The topological polar surface area (TPSA) is 43.8 Å². The number of H-pyrrole nitrogens is 1. The number of aromatic nitrogens is 1. The summed E-state index contributed by atoms with van der Waals surface area (Å²) in [5.41, 5.74) is 4.11. The average molecular weight is 411 g/mol. The van der Waals surface area contributed by atoms with E-state index in [9.17, 15) is 13.6 Å². The molecule has 2 aliphatic heterocycles. The highest BCUT2D eigenvalue weighted by Gasteiger charge is 2.28. The van der Waals surface area contributed by atoms with Gasteiger partial charge < -0.3 is 19.7 Å². The molecule has 2 aromatic carbocycles. The number of hydrogen-bond donors (Lipinski definition) is 2. The van der Waals surface area contributed by atoms with Gasteiger partial charge in [-0.25, -0.2) is 8.78 Å². The molecule has 2 N–H and O–H groups in total. The van der Waals surface area contributed by atoms with Crippen LogP contribution in [0.25, 0.3) is 10.9 Å². The summed E-state index contributed by atoms with van der Waals surface area (Å²) in [6.07, 6.45) is 0.769. The summed E-state index contributed by atoms with van der Waals surface area (Å²) < 4.78 is 26.8. The maximum absolute atomic E-state index is 13.7. The Morgan fingerprint density at radius 3 is 2.50 bits per heavy atom. The Hall–Kier alpha value is -2.93. The van der Waals surface area contributed by atoms with E-state index in [-0.39, 0.29) is 17.5 Å². The number of nitrogens with zero attached hydrogens (tertiary/aromatic N) is 2. The Labute approximate surface area is 173 Å². The molecule has 0 atom stereocenters. The zero-order chi connectivity index (χ0) is 20.7. The van der Waals surface area contributed by atoms with E-state index in [2.05, 4.69) is 9.88 Å². The number of carbonyl (C=O) groups excluding carboxylic acids is 1. The van der Waals surface area contributed by atoms with Gasteiger partial charge in [-0.1, -0.05) is 0 Å². The molecule has 3 aromatic rings. The number of carbonyl (C=O) groups is 1. The van der Waals surface area contributed by atoms with Crippen molar-refractivity contribution in [3.8, 4) is 0 Å². The molecule has 7 heteroatoms. The smallest absolute Gasteiger partial charge is 0.278 e. The zero-order valence-corrected chi connectivity index (χ0v) is 16.8. The number of benzene rings is 2. The van der Waals surface area contributed by atoms with Crippen LogP contribution in [0, 0.1) is 11.6 Å². The monoisotopic (exact) mass is 411 g/mol. The van der Waals surface area contributed by atoms with Crippen molar-refractivity contribution >= 4 is 22.5 Å². The van der Waals surface area contributed by atoms with Crippen LogP contribution in [0.4, 0.5) is 14.5 Å². The fourth-order valence-corrected chi connectivity index (χ4v) is 4.63. The second-order valence-corrected chi connectivity index (χ2v) is 8.23. The number of nitrogens with one attached hydrogen (secondary N) is 2. The van der Waals surface area contributed by atoms with Crippen LogP contribution in [0.15, 0.2) is 42.5 Å². The number of rotatable bonds is 3. The summed E-state index contributed by atoms with van der Waals surface area (Å²) >= 11 is 0.